The fraction of sp³-hybridized carbons (Fsp3) is 0.125. The number of carbonyl (C=O) groups is 1. The van der Waals surface area contributed by atoms with E-state index in [0.717, 1.165) is 5.52 Å². The molecule has 0 saturated carbocycles. The summed E-state index contributed by atoms with van der Waals surface area (Å²) in [5, 5.41) is 10.9. The number of imidazole rings is 1. The number of carbonyl (C=O) groups excluding carboxylic acids is 1. The lowest BCUT2D eigenvalue weighted by atomic mass is 10.1. The van der Waals surface area contributed by atoms with Crippen LogP contribution in [0, 0.1) is 17.0 Å². The molecule has 0 atom stereocenters. The van der Waals surface area contributed by atoms with E-state index in [9.17, 15) is 14.9 Å². The Hall–Kier alpha value is -3.22. The van der Waals surface area contributed by atoms with Crippen molar-refractivity contribution in [3.8, 4) is 5.75 Å². The summed E-state index contributed by atoms with van der Waals surface area (Å²) in [4.78, 5) is 26.9. The fourth-order valence-corrected chi connectivity index (χ4v) is 2.38. The first-order valence-electron chi connectivity index (χ1n) is 6.84. The summed E-state index contributed by atoms with van der Waals surface area (Å²) in [6.07, 6.45) is 1.67. The van der Waals surface area contributed by atoms with Crippen molar-refractivity contribution in [1.29, 1.82) is 0 Å². The number of hydrogen-bond acceptors (Lipinski definition) is 5. The standard InChI is InChI=1S/C16H13N3O4/c1-10-12(4-3-5-14(10)19(21)22)16(20)23-11-6-7-15-13(8-11)17-9-18(15)2/h3-9H,1-2H3. The Morgan fingerprint density at radius 3 is 2.83 bits per heavy atom. The van der Waals surface area contributed by atoms with E-state index >= 15 is 0 Å². The van der Waals surface area contributed by atoms with E-state index in [1.54, 1.807) is 24.5 Å². The molecule has 0 fully saturated rings. The van der Waals surface area contributed by atoms with Gasteiger partial charge < -0.3 is 9.30 Å². The van der Waals surface area contributed by atoms with E-state index < -0.39 is 10.9 Å². The largest absolute Gasteiger partial charge is 0.423 e. The molecule has 7 heteroatoms. The number of aromatic nitrogens is 2. The smallest absolute Gasteiger partial charge is 0.344 e. The Labute approximate surface area is 131 Å². The van der Waals surface area contributed by atoms with Crippen LogP contribution in [-0.4, -0.2) is 20.4 Å². The minimum absolute atomic E-state index is 0.111. The van der Waals surface area contributed by atoms with Gasteiger partial charge in [0.15, 0.2) is 0 Å². The Kier molecular flexibility index (Phi) is 3.53. The zero-order valence-corrected chi connectivity index (χ0v) is 12.5. The molecule has 1 aromatic heterocycles. The Balaban J connectivity index is 1.91. The Bertz CT molecular complexity index is 930. The van der Waals surface area contributed by atoms with Crippen LogP contribution in [0.3, 0.4) is 0 Å². The van der Waals surface area contributed by atoms with E-state index in [4.69, 9.17) is 4.74 Å². The van der Waals surface area contributed by atoms with Gasteiger partial charge in [-0.15, -0.1) is 0 Å². The number of benzene rings is 2. The third kappa shape index (κ3) is 2.64. The van der Waals surface area contributed by atoms with Crippen LogP contribution >= 0.6 is 0 Å². The molecule has 0 N–H and O–H groups in total. The summed E-state index contributed by atoms with van der Waals surface area (Å²) in [5.74, 6) is -0.298. The summed E-state index contributed by atoms with van der Waals surface area (Å²) in [6, 6.07) is 9.43. The lowest BCUT2D eigenvalue weighted by molar-refractivity contribution is -0.385. The van der Waals surface area contributed by atoms with E-state index in [1.165, 1.54) is 25.1 Å². The van der Waals surface area contributed by atoms with Gasteiger partial charge in [0.2, 0.25) is 0 Å². The minimum Gasteiger partial charge on any atom is -0.423 e. The molecular formula is C16H13N3O4. The van der Waals surface area contributed by atoms with Crippen molar-refractivity contribution in [2.75, 3.05) is 0 Å². The zero-order chi connectivity index (χ0) is 16.6. The minimum atomic E-state index is -0.638. The van der Waals surface area contributed by atoms with Gasteiger partial charge in [-0.05, 0) is 25.1 Å². The molecule has 0 bridgehead atoms. The molecule has 0 aliphatic carbocycles. The molecule has 0 radical (unpaired) electrons. The number of hydrogen-bond donors (Lipinski definition) is 0. The molecule has 3 rings (SSSR count). The van der Waals surface area contributed by atoms with E-state index in [0.29, 0.717) is 11.3 Å². The van der Waals surface area contributed by atoms with Crippen LogP contribution in [0.25, 0.3) is 11.0 Å². The molecule has 7 nitrogen and oxygen atoms in total. The molecule has 2 aromatic carbocycles. The first kappa shape index (κ1) is 14.7. The van der Waals surface area contributed by atoms with Gasteiger partial charge in [-0.25, -0.2) is 9.78 Å². The van der Waals surface area contributed by atoms with Crippen LogP contribution in [0.15, 0.2) is 42.7 Å². The molecule has 0 amide bonds. The van der Waals surface area contributed by atoms with Crippen molar-refractivity contribution in [3.63, 3.8) is 0 Å². The number of ether oxygens (including phenoxy) is 1. The molecule has 0 aliphatic heterocycles. The predicted octanol–water partition coefficient (Wildman–Crippen LogP) is 3.01. The molecule has 0 unspecified atom stereocenters. The summed E-state index contributed by atoms with van der Waals surface area (Å²) in [5.41, 5.74) is 1.95. The highest BCUT2D eigenvalue weighted by molar-refractivity contribution is 5.94. The van der Waals surface area contributed by atoms with Crippen LogP contribution in [0.1, 0.15) is 15.9 Å². The van der Waals surface area contributed by atoms with Crippen LogP contribution in [-0.2, 0) is 7.05 Å². The van der Waals surface area contributed by atoms with Gasteiger partial charge in [0.25, 0.3) is 5.69 Å². The molecule has 0 aliphatic rings. The van der Waals surface area contributed by atoms with Gasteiger partial charge in [0.1, 0.15) is 5.75 Å². The van der Waals surface area contributed by atoms with Crippen molar-refractivity contribution in [2.45, 2.75) is 6.92 Å². The Morgan fingerprint density at radius 1 is 1.30 bits per heavy atom. The first-order chi connectivity index (χ1) is 11.0. The van der Waals surface area contributed by atoms with Crippen molar-refractivity contribution in [3.05, 3.63) is 64.0 Å². The second-order valence-corrected chi connectivity index (χ2v) is 5.10. The van der Waals surface area contributed by atoms with Gasteiger partial charge in [0, 0.05) is 24.7 Å². The SMILES string of the molecule is Cc1c(C(=O)Oc2ccc3c(c2)ncn3C)cccc1[N+](=O)[O-]. The summed E-state index contributed by atoms with van der Waals surface area (Å²) >= 11 is 0. The molecule has 116 valence electrons. The highest BCUT2D eigenvalue weighted by Crippen LogP contribution is 2.24. The average Bonchev–Trinajstić information content (AvgIpc) is 2.88. The summed E-state index contributed by atoms with van der Waals surface area (Å²) in [6.45, 7) is 1.52. The van der Waals surface area contributed by atoms with Gasteiger partial charge in [-0.2, -0.15) is 0 Å². The quantitative estimate of drug-likeness (QED) is 0.321. The van der Waals surface area contributed by atoms with E-state index in [2.05, 4.69) is 4.98 Å². The Morgan fingerprint density at radius 2 is 2.09 bits per heavy atom. The third-order valence-corrected chi connectivity index (χ3v) is 3.63. The zero-order valence-electron chi connectivity index (χ0n) is 12.5. The monoisotopic (exact) mass is 311 g/mol. The van der Waals surface area contributed by atoms with Crippen molar-refractivity contribution >= 4 is 22.7 Å². The average molecular weight is 311 g/mol. The van der Waals surface area contributed by atoms with Gasteiger partial charge in [-0.3, -0.25) is 10.1 Å². The number of esters is 1. The van der Waals surface area contributed by atoms with Gasteiger partial charge >= 0.3 is 5.97 Å². The third-order valence-electron chi connectivity index (χ3n) is 3.63. The lowest BCUT2D eigenvalue weighted by Gasteiger charge is -2.07. The van der Waals surface area contributed by atoms with Crippen LogP contribution in [0.5, 0.6) is 5.75 Å². The predicted molar refractivity (Wildman–Crippen MR) is 83.5 cm³/mol. The summed E-state index contributed by atoms with van der Waals surface area (Å²) < 4.78 is 7.18. The summed E-state index contributed by atoms with van der Waals surface area (Å²) in [7, 11) is 1.87. The highest BCUT2D eigenvalue weighted by Gasteiger charge is 2.19. The maximum absolute atomic E-state index is 12.3. The maximum atomic E-state index is 12.3. The molecule has 0 spiro atoms. The number of nitro benzene ring substituents is 1. The topological polar surface area (TPSA) is 87.3 Å². The molecular weight excluding hydrogens is 298 g/mol. The van der Waals surface area contributed by atoms with Crippen LogP contribution in [0.4, 0.5) is 5.69 Å². The maximum Gasteiger partial charge on any atom is 0.344 e. The van der Waals surface area contributed by atoms with Gasteiger partial charge in [0.05, 0.1) is 27.8 Å². The van der Waals surface area contributed by atoms with E-state index in [-0.39, 0.29) is 16.8 Å². The number of nitrogens with zero attached hydrogens (tertiary/aromatic N) is 3. The second-order valence-electron chi connectivity index (χ2n) is 5.10. The highest BCUT2D eigenvalue weighted by atomic mass is 16.6. The van der Waals surface area contributed by atoms with Crippen LogP contribution in [0.2, 0.25) is 0 Å². The molecule has 0 saturated heterocycles. The van der Waals surface area contributed by atoms with Crippen molar-refractivity contribution in [2.24, 2.45) is 7.05 Å². The van der Waals surface area contributed by atoms with Crippen LogP contribution < -0.4 is 4.74 Å². The van der Waals surface area contributed by atoms with Crippen molar-refractivity contribution in [1.82, 2.24) is 9.55 Å². The number of fused-ring (bicyclic) bond motifs is 1. The number of aryl methyl sites for hydroxylation is 1. The van der Waals surface area contributed by atoms with Crippen molar-refractivity contribution < 1.29 is 14.5 Å². The number of rotatable bonds is 3. The molecule has 1 heterocycles. The lowest BCUT2D eigenvalue weighted by Crippen LogP contribution is -2.11. The second kappa shape index (κ2) is 5.53. The first-order valence-corrected chi connectivity index (χ1v) is 6.84. The normalized spacial score (nSPS) is 10.7. The fourth-order valence-electron chi connectivity index (χ4n) is 2.38. The van der Waals surface area contributed by atoms with E-state index in [1.807, 2.05) is 11.6 Å². The molecule has 23 heavy (non-hydrogen) atoms. The van der Waals surface area contributed by atoms with Gasteiger partial charge in [-0.1, -0.05) is 6.07 Å². The molecule has 3 aromatic rings. The number of nitro groups is 1.